The summed E-state index contributed by atoms with van der Waals surface area (Å²) in [5, 5.41) is 7.92. The van der Waals surface area contributed by atoms with E-state index in [9.17, 15) is 13.2 Å². The van der Waals surface area contributed by atoms with Gasteiger partial charge in [0.2, 0.25) is 0 Å². The van der Waals surface area contributed by atoms with Crippen LogP contribution < -0.4 is 0 Å². The van der Waals surface area contributed by atoms with Crippen molar-refractivity contribution in [1.29, 1.82) is 0 Å². The van der Waals surface area contributed by atoms with Gasteiger partial charge < -0.3 is 14.4 Å². The summed E-state index contributed by atoms with van der Waals surface area (Å²) < 4.78 is 42.4. The fourth-order valence-corrected chi connectivity index (χ4v) is 2.59. The van der Waals surface area contributed by atoms with Crippen molar-refractivity contribution in [2.45, 2.75) is 33.6 Å². The van der Waals surface area contributed by atoms with E-state index in [4.69, 9.17) is 14.5 Å². The van der Waals surface area contributed by atoms with Gasteiger partial charge in [-0.25, -0.2) is 0 Å². The van der Waals surface area contributed by atoms with Crippen LogP contribution in [0.1, 0.15) is 41.7 Å². The van der Waals surface area contributed by atoms with Crippen LogP contribution in [0.5, 0.6) is 0 Å². The van der Waals surface area contributed by atoms with Crippen LogP contribution in [0.15, 0.2) is 52.8 Å². The van der Waals surface area contributed by atoms with Crippen molar-refractivity contribution in [1.82, 2.24) is 0 Å². The molecule has 6 nitrogen and oxygen atoms in total. The standard InChI is InChI=1S/C20H21F3N2O2.C2H4O2/c1-13-7-5-10-18(15(3)24-26-4)19(13)12-27-25-14(2)16-8-6-9-17(11-16)20(21,22)23;1-4-2-3/h5-11H,12H2,1-4H3;2H,1H3/b24-15-,25-14+;. The Kier molecular flexibility index (Phi) is 10.2. The summed E-state index contributed by atoms with van der Waals surface area (Å²) in [4.78, 5) is 19.2. The Labute approximate surface area is 179 Å². The number of hydrogen-bond donors (Lipinski definition) is 0. The zero-order valence-corrected chi connectivity index (χ0v) is 18.0. The lowest BCUT2D eigenvalue weighted by atomic mass is 10.00. The Morgan fingerprint density at radius 1 is 1.03 bits per heavy atom. The van der Waals surface area contributed by atoms with E-state index in [0.29, 0.717) is 23.5 Å². The van der Waals surface area contributed by atoms with Crippen LogP contribution >= 0.6 is 0 Å². The first-order valence-electron chi connectivity index (χ1n) is 9.12. The van der Waals surface area contributed by atoms with E-state index in [1.165, 1.54) is 20.3 Å². The molecule has 0 atom stereocenters. The minimum atomic E-state index is -4.40. The van der Waals surface area contributed by atoms with E-state index >= 15 is 0 Å². The fraction of sp³-hybridized carbons (Fsp3) is 0.318. The molecule has 0 spiro atoms. The number of rotatable bonds is 7. The van der Waals surface area contributed by atoms with Gasteiger partial charge in [-0.3, -0.25) is 4.79 Å². The summed E-state index contributed by atoms with van der Waals surface area (Å²) >= 11 is 0. The molecule has 0 unspecified atom stereocenters. The maximum Gasteiger partial charge on any atom is 0.416 e. The van der Waals surface area contributed by atoms with Crippen molar-refractivity contribution in [3.63, 3.8) is 0 Å². The predicted octanol–water partition coefficient (Wildman–Crippen LogP) is 5.11. The van der Waals surface area contributed by atoms with Gasteiger partial charge in [0.1, 0.15) is 13.7 Å². The monoisotopic (exact) mass is 438 g/mol. The third-order valence-electron chi connectivity index (χ3n) is 4.14. The minimum Gasteiger partial charge on any atom is -0.471 e. The van der Waals surface area contributed by atoms with Crippen molar-refractivity contribution in [2.75, 3.05) is 14.2 Å². The topological polar surface area (TPSA) is 69.5 Å². The molecule has 2 aromatic rings. The Morgan fingerprint density at radius 3 is 2.26 bits per heavy atom. The molecule has 0 N–H and O–H groups in total. The summed E-state index contributed by atoms with van der Waals surface area (Å²) in [7, 11) is 2.78. The van der Waals surface area contributed by atoms with Gasteiger partial charge in [0.05, 0.1) is 24.1 Å². The molecule has 168 valence electrons. The lowest BCUT2D eigenvalue weighted by molar-refractivity contribution is -0.137. The van der Waals surface area contributed by atoms with Crippen LogP contribution in [0.3, 0.4) is 0 Å². The minimum absolute atomic E-state index is 0.162. The van der Waals surface area contributed by atoms with E-state index in [2.05, 4.69) is 15.0 Å². The summed E-state index contributed by atoms with van der Waals surface area (Å²) in [6, 6.07) is 10.7. The number of carbonyl (C=O) groups is 1. The zero-order chi connectivity index (χ0) is 23.4. The third kappa shape index (κ3) is 8.12. The molecule has 2 rings (SSSR count). The van der Waals surface area contributed by atoms with Gasteiger partial charge in [-0.15, -0.1) is 0 Å². The average Bonchev–Trinajstić information content (AvgIpc) is 2.74. The molecule has 0 saturated carbocycles. The summed E-state index contributed by atoms with van der Waals surface area (Å²) in [6.45, 7) is 5.89. The second-order valence-corrected chi connectivity index (χ2v) is 6.32. The van der Waals surface area contributed by atoms with Crippen molar-refractivity contribution in [3.05, 3.63) is 70.3 Å². The highest BCUT2D eigenvalue weighted by Crippen LogP contribution is 2.29. The Balaban J connectivity index is 0.00000110. The van der Waals surface area contributed by atoms with Gasteiger partial charge >= 0.3 is 6.18 Å². The van der Waals surface area contributed by atoms with Crippen LogP contribution in [0.2, 0.25) is 0 Å². The number of methoxy groups -OCH3 is 1. The Morgan fingerprint density at radius 2 is 1.68 bits per heavy atom. The molecule has 0 aliphatic carbocycles. The first kappa shape index (κ1) is 25.7. The van der Waals surface area contributed by atoms with E-state index < -0.39 is 11.7 Å². The van der Waals surface area contributed by atoms with E-state index in [-0.39, 0.29) is 6.61 Å². The first-order chi connectivity index (χ1) is 14.6. The number of ether oxygens (including phenoxy) is 1. The Bertz CT molecular complexity index is 925. The number of oxime groups is 2. The summed E-state index contributed by atoms with van der Waals surface area (Å²) in [5.41, 5.74) is 3.43. The van der Waals surface area contributed by atoms with Crippen molar-refractivity contribution >= 4 is 17.9 Å². The molecular formula is C22H25F3N2O4. The van der Waals surface area contributed by atoms with Gasteiger partial charge in [-0.05, 0) is 44.0 Å². The maximum atomic E-state index is 12.8. The summed E-state index contributed by atoms with van der Waals surface area (Å²) in [6.07, 6.45) is -4.40. The highest BCUT2D eigenvalue weighted by Gasteiger charge is 2.30. The van der Waals surface area contributed by atoms with Crippen LogP contribution in [-0.4, -0.2) is 32.1 Å². The summed E-state index contributed by atoms with van der Waals surface area (Å²) in [5.74, 6) is 0. The number of benzene rings is 2. The Hall–Kier alpha value is -3.36. The lowest BCUT2D eigenvalue weighted by Gasteiger charge is -2.12. The number of alkyl halides is 3. The average molecular weight is 438 g/mol. The number of hydrogen-bond acceptors (Lipinski definition) is 6. The highest BCUT2D eigenvalue weighted by molar-refractivity contribution is 6.00. The third-order valence-corrected chi connectivity index (χ3v) is 4.14. The van der Waals surface area contributed by atoms with E-state index in [0.717, 1.165) is 28.8 Å². The molecular weight excluding hydrogens is 413 g/mol. The van der Waals surface area contributed by atoms with E-state index in [1.54, 1.807) is 13.0 Å². The van der Waals surface area contributed by atoms with Crippen LogP contribution in [0.25, 0.3) is 0 Å². The first-order valence-corrected chi connectivity index (χ1v) is 9.12. The van der Waals surface area contributed by atoms with Crippen LogP contribution in [0, 0.1) is 6.92 Å². The quantitative estimate of drug-likeness (QED) is 0.342. The van der Waals surface area contributed by atoms with Gasteiger partial charge in [0.25, 0.3) is 6.47 Å². The van der Waals surface area contributed by atoms with E-state index in [1.807, 2.05) is 32.0 Å². The molecule has 0 aromatic heterocycles. The molecule has 0 heterocycles. The zero-order valence-electron chi connectivity index (χ0n) is 18.0. The SMILES string of the molecule is CO/N=C(/C)c1cccc(C)c1CO/N=C(\C)c1cccc(C(F)(F)F)c1.COC=O. The molecule has 9 heteroatoms. The second kappa shape index (κ2) is 12.4. The van der Waals surface area contributed by atoms with Gasteiger partial charge in [0.15, 0.2) is 0 Å². The molecule has 0 aliphatic heterocycles. The molecule has 31 heavy (non-hydrogen) atoms. The molecule has 0 aliphatic rings. The highest BCUT2D eigenvalue weighted by atomic mass is 19.4. The fourth-order valence-electron chi connectivity index (χ4n) is 2.59. The van der Waals surface area contributed by atoms with Crippen LogP contribution in [-0.2, 0) is 32.0 Å². The number of carbonyl (C=O) groups excluding carboxylic acids is 1. The van der Waals surface area contributed by atoms with Crippen molar-refractivity contribution in [3.8, 4) is 0 Å². The maximum absolute atomic E-state index is 12.8. The van der Waals surface area contributed by atoms with Gasteiger partial charge in [-0.2, -0.15) is 13.2 Å². The molecule has 0 radical (unpaired) electrons. The second-order valence-electron chi connectivity index (χ2n) is 6.32. The van der Waals surface area contributed by atoms with Crippen LogP contribution in [0.4, 0.5) is 13.2 Å². The molecule has 0 amide bonds. The van der Waals surface area contributed by atoms with Crippen molar-refractivity contribution < 1.29 is 32.4 Å². The smallest absolute Gasteiger partial charge is 0.416 e. The molecule has 0 fully saturated rings. The number of aryl methyl sites for hydroxylation is 1. The molecule has 0 bridgehead atoms. The van der Waals surface area contributed by atoms with Crippen molar-refractivity contribution in [2.24, 2.45) is 10.3 Å². The largest absolute Gasteiger partial charge is 0.471 e. The number of halogens is 3. The lowest BCUT2D eigenvalue weighted by Crippen LogP contribution is -2.07. The molecule has 2 aromatic carbocycles. The number of nitrogens with zero attached hydrogens (tertiary/aromatic N) is 2. The normalized spacial score (nSPS) is 11.9. The molecule has 0 saturated heterocycles. The predicted molar refractivity (Wildman–Crippen MR) is 112 cm³/mol. The van der Waals surface area contributed by atoms with Gasteiger partial charge in [-0.1, -0.05) is 40.6 Å². The van der Waals surface area contributed by atoms with Gasteiger partial charge in [0, 0.05) is 11.1 Å².